The molecule has 1 aromatic rings. The molecule has 1 saturated heterocycles. The molecule has 24 heavy (non-hydrogen) atoms. The van der Waals surface area contributed by atoms with Gasteiger partial charge in [-0.2, -0.15) is 0 Å². The zero-order chi connectivity index (χ0) is 18.1. The highest BCUT2D eigenvalue weighted by Crippen LogP contribution is 2.44. The average Bonchev–Trinajstić information content (AvgIpc) is 2.66. The quantitative estimate of drug-likeness (QED) is 0.442. The maximum Gasteiger partial charge on any atom is 0.466 e. The van der Waals surface area contributed by atoms with E-state index in [0.717, 1.165) is 0 Å². The fraction of sp³-hybridized carbons (Fsp3) is 0.625. The van der Waals surface area contributed by atoms with Crippen LogP contribution in [0.2, 0.25) is 10.2 Å². The van der Waals surface area contributed by atoms with Crippen LogP contribution >= 0.6 is 23.2 Å². The van der Waals surface area contributed by atoms with Gasteiger partial charge < -0.3 is 14.0 Å². The van der Waals surface area contributed by atoms with Crippen molar-refractivity contribution >= 4 is 36.3 Å². The van der Waals surface area contributed by atoms with Crippen LogP contribution in [-0.2, 0) is 18.8 Å². The number of carbonyl (C=O) groups is 1. The van der Waals surface area contributed by atoms with E-state index in [-0.39, 0.29) is 17.5 Å². The van der Waals surface area contributed by atoms with Gasteiger partial charge in [0.25, 0.3) is 0 Å². The van der Waals surface area contributed by atoms with Crippen molar-refractivity contribution in [1.82, 2.24) is 4.98 Å². The van der Waals surface area contributed by atoms with Crippen molar-refractivity contribution < 1.29 is 18.8 Å². The van der Waals surface area contributed by atoms with E-state index in [1.165, 1.54) is 6.20 Å². The molecule has 1 atom stereocenters. The third-order valence-electron chi connectivity index (χ3n) is 4.55. The number of nitrogens with zero attached hydrogens (tertiary/aromatic N) is 1. The molecule has 0 N–H and O–H groups in total. The van der Waals surface area contributed by atoms with Gasteiger partial charge in [0.2, 0.25) is 0 Å². The third-order valence-corrected chi connectivity index (χ3v) is 5.18. The molecule has 8 heteroatoms. The topological polar surface area (TPSA) is 57.7 Å². The predicted octanol–water partition coefficient (Wildman–Crippen LogP) is 4.06. The molecular formula is C16H22BCl2NO4. The molecule has 0 saturated carbocycles. The fourth-order valence-corrected chi connectivity index (χ4v) is 3.18. The maximum atomic E-state index is 12.1. The predicted molar refractivity (Wildman–Crippen MR) is 94.3 cm³/mol. The van der Waals surface area contributed by atoms with Gasteiger partial charge in [-0.25, -0.2) is 4.98 Å². The van der Waals surface area contributed by atoms with Crippen molar-refractivity contribution in [2.75, 3.05) is 6.61 Å². The number of hydrogen-bond donors (Lipinski definition) is 0. The molecule has 0 aromatic carbocycles. The van der Waals surface area contributed by atoms with Crippen LogP contribution in [0, 0.1) is 0 Å². The number of aromatic nitrogens is 1. The van der Waals surface area contributed by atoms with E-state index in [1.807, 2.05) is 27.7 Å². The van der Waals surface area contributed by atoms with Crippen LogP contribution in [0.5, 0.6) is 0 Å². The van der Waals surface area contributed by atoms with Gasteiger partial charge in [0.1, 0.15) is 5.15 Å². The van der Waals surface area contributed by atoms with Crippen molar-refractivity contribution in [3.8, 4) is 0 Å². The summed E-state index contributed by atoms with van der Waals surface area (Å²) in [6.07, 6.45) is 1.55. The number of halogens is 2. The van der Waals surface area contributed by atoms with E-state index in [1.54, 1.807) is 13.0 Å². The summed E-state index contributed by atoms with van der Waals surface area (Å²) in [6, 6.07) is 1.63. The zero-order valence-corrected chi connectivity index (χ0v) is 16.1. The SMILES string of the molecule is CCOC(=O)CC(B1OC(C)(C)C(C)(C)O1)c1c(Cl)ccnc1Cl. The van der Waals surface area contributed by atoms with Crippen LogP contribution in [0.4, 0.5) is 0 Å². The molecule has 5 nitrogen and oxygen atoms in total. The summed E-state index contributed by atoms with van der Waals surface area (Å²) in [5.41, 5.74) is -0.537. The summed E-state index contributed by atoms with van der Waals surface area (Å²) >= 11 is 12.6. The Bertz CT molecular complexity index is 588. The molecule has 1 aromatic heterocycles. The Kier molecular flexibility index (Phi) is 5.85. The molecule has 0 bridgehead atoms. The fourth-order valence-electron chi connectivity index (χ4n) is 2.54. The molecular weight excluding hydrogens is 352 g/mol. The Morgan fingerprint density at radius 2 is 1.88 bits per heavy atom. The summed E-state index contributed by atoms with van der Waals surface area (Å²) in [5, 5.41) is 0.644. The van der Waals surface area contributed by atoms with E-state index in [2.05, 4.69) is 4.98 Å². The first kappa shape index (κ1) is 19.5. The monoisotopic (exact) mass is 373 g/mol. The Morgan fingerprint density at radius 1 is 1.29 bits per heavy atom. The first-order valence-electron chi connectivity index (χ1n) is 7.90. The number of carbonyl (C=O) groups excluding carboxylic acids is 1. The first-order chi connectivity index (χ1) is 11.1. The minimum atomic E-state index is -0.682. The largest absolute Gasteiger partial charge is 0.466 e. The lowest BCUT2D eigenvalue weighted by molar-refractivity contribution is -0.143. The van der Waals surface area contributed by atoms with Gasteiger partial charge in [-0.15, -0.1) is 0 Å². The molecule has 0 spiro atoms. The van der Waals surface area contributed by atoms with Gasteiger partial charge in [0.15, 0.2) is 0 Å². The number of ether oxygens (including phenoxy) is 1. The van der Waals surface area contributed by atoms with Crippen LogP contribution in [-0.4, -0.2) is 35.9 Å². The van der Waals surface area contributed by atoms with Gasteiger partial charge in [0, 0.05) is 22.6 Å². The van der Waals surface area contributed by atoms with Crippen LogP contribution in [0.25, 0.3) is 0 Å². The Balaban J connectivity index is 2.40. The van der Waals surface area contributed by atoms with Gasteiger partial charge >= 0.3 is 13.1 Å². The van der Waals surface area contributed by atoms with Crippen LogP contribution in [0.1, 0.15) is 52.4 Å². The first-order valence-corrected chi connectivity index (χ1v) is 8.66. The Labute approximate surface area is 153 Å². The van der Waals surface area contributed by atoms with Crippen LogP contribution in [0.15, 0.2) is 12.3 Å². The van der Waals surface area contributed by atoms with E-state index in [9.17, 15) is 4.79 Å². The smallest absolute Gasteiger partial charge is 0.466 e. The highest BCUT2D eigenvalue weighted by atomic mass is 35.5. The number of hydrogen-bond acceptors (Lipinski definition) is 5. The van der Waals surface area contributed by atoms with Crippen molar-refractivity contribution in [2.45, 2.75) is 58.1 Å². The highest BCUT2D eigenvalue weighted by Gasteiger charge is 2.55. The molecule has 1 unspecified atom stereocenters. The second-order valence-electron chi connectivity index (χ2n) is 6.74. The van der Waals surface area contributed by atoms with E-state index in [4.69, 9.17) is 37.2 Å². The minimum Gasteiger partial charge on any atom is -0.466 e. The number of esters is 1. The molecule has 0 amide bonds. The van der Waals surface area contributed by atoms with Crippen LogP contribution in [0.3, 0.4) is 0 Å². The average molecular weight is 374 g/mol. The summed E-state index contributed by atoms with van der Waals surface area (Å²) in [6.45, 7) is 9.83. The maximum absolute atomic E-state index is 12.1. The highest BCUT2D eigenvalue weighted by molar-refractivity contribution is 6.49. The van der Waals surface area contributed by atoms with Gasteiger partial charge in [-0.05, 0) is 40.7 Å². The van der Waals surface area contributed by atoms with Gasteiger partial charge in [-0.3, -0.25) is 4.79 Å². The molecule has 132 valence electrons. The Morgan fingerprint density at radius 3 is 2.38 bits per heavy atom. The van der Waals surface area contributed by atoms with Crippen LogP contribution < -0.4 is 0 Å². The standard InChI is InChI=1S/C16H22BCl2NO4/c1-6-22-12(21)9-10(13-11(18)7-8-20-14(13)19)17-23-15(2,3)16(4,5)24-17/h7-8,10H,6,9H2,1-5H3. The molecule has 1 aliphatic rings. The normalized spacial score (nSPS) is 20.0. The summed E-state index contributed by atoms with van der Waals surface area (Å²) < 4.78 is 17.3. The minimum absolute atomic E-state index is 0.0375. The van der Waals surface area contributed by atoms with Gasteiger partial charge in [0.05, 0.1) is 24.2 Å². The Hall–Kier alpha value is -0.815. The summed E-state index contributed by atoms with van der Waals surface area (Å²) in [7, 11) is -0.682. The second-order valence-corrected chi connectivity index (χ2v) is 7.50. The number of pyridine rings is 1. The molecule has 1 fully saturated rings. The number of rotatable bonds is 5. The zero-order valence-electron chi connectivity index (χ0n) is 14.6. The molecule has 2 heterocycles. The van der Waals surface area contributed by atoms with Crippen molar-refractivity contribution in [1.29, 1.82) is 0 Å². The molecule has 0 radical (unpaired) electrons. The van der Waals surface area contributed by atoms with Crippen molar-refractivity contribution in [2.24, 2.45) is 0 Å². The third kappa shape index (κ3) is 3.88. The lowest BCUT2D eigenvalue weighted by Crippen LogP contribution is -2.41. The molecule has 2 rings (SSSR count). The molecule has 1 aliphatic heterocycles. The van der Waals surface area contributed by atoms with E-state index < -0.39 is 24.1 Å². The molecule has 0 aliphatic carbocycles. The summed E-state index contributed by atoms with van der Waals surface area (Å²) in [4.78, 5) is 16.2. The lowest BCUT2D eigenvalue weighted by Gasteiger charge is -2.32. The second kappa shape index (κ2) is 7.20. The van der Waals surface area contributed by atoms with E-state index in [0.29, 0.717) is 17.2 Å². The van der Waals surface area contributed by atoms with Crippen molar-refractivity contribution in [3.63, 3.8) is 0 Å². The summed E-state index contributed by atoms with van der Waals surface area (Å²) in [5.74, 6) is -0.882. The lowest BCUT2D eigenvalue weighted by atomic mass is 9.66. The van der Waals surface area contributed by atoms with Crippen molar-refractivity contribution in [3.05, 3.63) is 28.0 Å². The van der Waals surface area contributed by atoms with Gasteiger partial charge in [-0.1, -0.05) is 23.2 Å². The van der Waals surface area contributed by atoms with E-state index >= 15 is 0 Å².